The van der Waals surface area contributed by atoms with Crippen LogP contribution in [-0.2, 0) is 14.3 Å². The molecule has 0 bridgehead atoms. The molecular weight excluding hydrogens is 266 g/mol. The van der Waals surface area contributed by atoms with Crippen LogP contribution in [-0.4, -0.2) is 36.5 Å². The van der Waals surface area contributed by atoms with Crippen molar-refractivity contribution in [2.24, 2.45) is 0 Å². The summed E-state index contributed by atoms with van der Waals surface area (Å²) in [6, 6.07) is 9.67. The molecule has 2 rings (SSSR count). The third-order valence-electron chi connectivity index (χ3n) is 3.76. The molecule has 21 heavy (non-hydrogen) atoms. The van der Waals surface area contributed by atoms with E-state index in [9.17, 15) is 9.59 Å². The highest BCUT2D eigenvalue weighted by Gasteiger charge is 2.27. The van der Waals surface area contributed by atoms with Crippen molar-refractivity contribution in [1.29, 1.82) is 0 Å². The van der Waals surface area contributed by atoms with Gasteiger partial charge in [-0.15, -0.1) is 0 Å². The second-order valence-electron chi connectivity index (χ2n) is 5.21. The summed E-state index contributed by atoms with van der Waals surface area (Å²) in [5.41, 5.74) is 0.993. The van der Waals surface area contributed by atoms with E-state index in [1.54, 1.807) is 11.0 Å². The largest absolute Gasteiger partial charge is 0.469 e. The Kier molecular flexibility index (Phi) is 5.55. The van der Waals surface area contributed by atoms with E-state index in [0.717, 1.165) is 24.8 Å². The van der Waals surface area contributed by atoms with E-state index < -0.39 is 0 Å². The fraction of sp³-hybridized carbons (Fsp3) is 0.412. The lowest BCUT2D eigenvalue weighted by Crippen LogP contribution is -2.44. The fourth-order valence-corrected chi connectivity index (χ4v) is 2.61. The Labute approximate surface area is 125 Å². The number of esters is 1. The van der Waals surface area contributed by atoms with E-state index in [1.807, 2.05) is 36.4 Å². The first kappa shape index (κ1) is 15.3. The molecule has 4 nitrogen and oxygen atoms in total. The van der Waals surface area contributed by atoms with Crippen molar-refractivity contribution in [2.75, 3.05) is 13.7 Å². The molecule has 1 fully saturated rings. The minimum Gasteiger partial charge on any atom is -0.469 e. The zero-order chi connectivity index (χ0) is 15.1. The molecule has 0 saturated carbocycles. The van der Waals surface area contributed by atoms with Gasteiger partial charge in [-0.25, -0.2) is 0 Å². The van der Waals surface area contributed by atoms with Crippen LogP contribution in [0.1, 0.15) is 31.2 Å². The van der Waals surface area contributed by atoms with E-state index in [2.05, 4.69) is 0 Å². The van der Waals surface area contributed by atoms with Crippen molar-refractivity contribution in [2.45, 2.75) is 31.7 Å². The van der Waals surface area contributed by atoms with Gasteiger partial charge in [0.2, 0.25) is 5.91 Å². The van der Waals surface area contributed by atoms with Crippen molar-refractivity contribution >= 4 is 18.0 Å². The number of ether oxygens (including phenoxy) is 1. The third kappa shape index (κ3) is 4.45. The monoisotopic (exact) mass is 287 g/mol. The topological polar surface area (TPSA) is 46.6 Å². The Bertz CT molecular complexity index is 510. The number of nitrogens with zero attached hydrogens (tertiary/aromatic N) is 1. The molecule has 4 heteroatoms. The number of benzene rings is 1. The van der Waals surface area contributed by atoms with Crippen LogP contribution < -0.4 is 0 Å². The van der Waals surface area contributed by atoms with Crippen molar-refractivity contribution < 1.29 is 14.3 Å². The number of carbonyl (C=O) groups excluding carboxylic acids is 2. The summed E-state index contributed by atoms with van der Waals surface area (Å²) < 4.78 is 4.72. The van der Waals surface area contributed by atoms with Crippen LogP contribution in [0.5, 0.6) is 0 Å². The van der Waals surface area contributed by atoms with Crippen molar-refractivity contribution in [1.82, 2.24) is 4.90 Å². The van der Waals surface area contributed by atoms with Gasteiger partial charge in [0.25, 0.3) is 0 Å². The van der Waals surface area contributed by atoms with E-state index >= 15 is 0 Å². The van der Waals surface area contributed by atoms with Gasteiger partial charge in [0.15, 0.2) is 0 Å². The van der Waals surface area contributed by atoms with Gasteiger partial charge >= 0.3 is 5.97 Å². The fourth-order valence-electron chi connectivity index (χ4n) is 2.61. The van der Waals surface area contributed by atoms with Crippen LogP contribution in [0.2, 0.25) is 0 Å². The molecule has 0 radical (unpaired) electrons. The highest BCUT2D eigenvalue weighted by atomic mass is 16.5. The third-order valence-corrected chi connectivity index (χ3v) is 3.76. The standard InChI is InChI=1S/C17H21NO3/c1-21-17(20)13-15-9-5-6-12-18(15)16(19)11-10-14-7-3-2-4-8-14/h2-4,7-8,10-11,15H,5-6,9,12-13H2,1H3/b11-10+. The number of rotatable bonds is 4. The van der Waals surface area contributed by atoms with Gasteiger partial charge in [-0.2, -0.15) is 0 Å². The second kappa shape index (κ2) is 7.62. The first-order chi connectivity index (χ1) is 10.2. The molecule has 1 aromatic carbocycles. The molecule has 1 aliphatic heterocycles. The molecule has 0 aliphatic carbocycles. The van der Waals surface area contributed by atoms with E-state index in [1.165, 1.54) is 7.11 Å². The van der Waals surface area contributed by atoms with Crippen molar-refractivity contribution in [3.05, 3.63) is 42.0 Å². The molecule has 1 heterocycles. The summed E-state index contributed by atoms with van der Waals surface area (Å²) in [5.74, 6) is -0.292. The Morgan fingerprint density at radius 3 is 2.76 bits per heavy atom. The Morgan fingerprint density at radius 1 is 1.29 bits per heavy atom. The average molecular weight is 287 g/mol. The van der Waals surface area contributed by atoms with E-state index in [4.69, 9.17) is 4.74 Å². The first-order valence-corrected chi connectivity index (χ1v) is 7.31. The molecule has 0 spiro atoms. The van der Waals surface area contributed by atoms with Crippen LogP contribution in [0.25, 0.3) is 6.08 Å². The molecule has 1 amide bonds. The van der Waals surface area contributed by atoms with Crippen LogP contribution in [0.15, 0.2) is 36.4 Å². The lowest BCUT2D eigenvalue weighted by molar-refractivity contribution is -0.143. The summed E-state index contributed by atoms with van der Waals surface area (Å²) >= 11 is 0. The average Bonchev–Trinajstić information content (AvgIpc) is 2.54. The van der Waals surface area contributed by atoms with E-state index in [-0.39, 0.29) is 24.3 Å². The quantitative estimate of drug-likeness (QED) is 0.632. The van der Waals surface area contributed by atoms with Gasteiger partial charge in [-0.3, -0.25) is 9.59 Å². The first-order valence-electron chi connectivity index (χ1n) is 7.31. The number of carbonyl (C=O) groups is 2. The van der Waals surface area contributed by atoms with Crippen LogP contribution in [0, 0.1) is 0 Å². The second-order valence-corrected chi connectivity index (χ2v) is 5.21. The van der Waals surface area contributed by atoms with Crippen LogP contribution in [0.3, 0.4) is 0 Å². The Balaban J connectivity index is 2.01. The molecular formula is C17H21NO3. The summed E-state index contributed by atoms with van der Waals surface area (Å²) in [5, 5.41) is 0. The van der Waals surface area contributed by atoms with E-state index in [0.29, 0.717) is 6.54 Å². The van der Waals surface area contributed by atoms with Gasteiger partial charge in [0.05, 0.1) is 13.5 Å². The van der Waals surface area contributed by atoms with Gasteiger partial charge in [0, 0.05) is 18.7 Å². The Morgan fingerprint density at radius 2 is 2.05 bits per heavy atom. The molecule has 0 N–H and O–H groups in total. The number of methoxy groups -OCH3 is 1. The number of piperidine rings is 1. The molecule has 0 aromatic heterocycles. The lowest BCUT2D eigenvalue weighted by atomic mass is 9.99. The maximum Gasteiger partial charge on any atom is 0.307 e. The smallest absolute Gasteiger partial charge is 0.307 e. The highest BCUT2D eigenvalue weighted by molar-refractivity contribution is 5.92. The van der Waals surface area contributed by atoms with Gasteiger partial charge < -0.3 is 9.64 Å². The molecule has 1 aromatic rings. The number of hydrogen-bond donors (Lipinski definition) is 0. The predicted octanol–water partition coefficient (Wildman–Crippen LogP) is 2.64. The summed E-state index contributed by atoms with van der Waals surface area (Å²) in [4.78, 5) is 25.6. The van der Waals surface area contributed by atoms with Gasteiger partial charge in [-0.1, -0.05) is 30.3 Å². The van der Waals surface area contributed by atoms with Gasteiger partial charge in [0.1, 0.15) is 0 Å². The zero-order valence-corrected chi connectivity index (χ0v) is 12.3. The molecule has 1 unspecified atom stereocenters. The van der Waals surface area contributed by atoms with Crippen molar-refractivity contribution in [3.8, 4) is 0 Å². The number of hydrogen-bond acceptors (Lipinski definition) is 3. The Hall–Kier alpha value is -2.10. The molecule has 112 valence electrons. The zero-order valence-electron chi connectivity index (χ0n) is 12.3. The number of likely N-dealkylation sites (tertiary alicyclic amines) is 1. The maximum absolute atomic E-state index is 12.3. The predicted molar refractivity (Wildman–Crippen MR) is 81.5 cm³/mol. The maximum atomic E-state index is 12.3. The van der Waals surface area contributed by atoms with Gasteiger partial charge in [-0.05, 0) is 30.9 Å². The van der Waals surface area contributed by atoms with Crippen LogP contribution >= 0.6 is 0 Å². The van der Waals surface area contributed by atoms with Crippen LogP contribution in [0.4, 0.5) is 0 Å². The highest BCUT2D eigenvalue weighted by Crippen LogP contribution is 2.20. The minimum absolute atomic E-state index is 0.0348. The molecule has 1 atom stereocenters. The molecule has 1 aliphatic rings. The normalized spacial score (nSPS) is 18.7. The number of amides is 1. The molecule has 1 saturated heterocycles. The SMILES string of the molecule is COC(=O)CC1CCCCN1C(=O)/C=C/c1ccccc1. The summed E-state index contributed by atoms with van der Waals surface area (Å²) in [7, 11) is 1.38. The lowest BCUT2D eigenvalue weighted by Gasteiger charge is -2.34. The van der Waals surface area contributed by atoms with Crippen molar-refractivity contribution in [3.63, 3.8) is 0 Å². The summed E-state index contributed by atoms with van der Waals surface area (Å²) in [6.07, 6.45) is 6.58. The summed E-state index contributed by atoms with van der Waals surface area (Å²) in [6.45, 7) is 0.708. The minimum atomic E-state index is -0.258.